The fourth-order valence-electron chi connectivity index (χ4n) is 3.00. The van der Waals surface area contributed by atoms with Crippen molar-refractivity contribution < 1.29 is 0 Å². The Morgan fingerprint density at radius 3 is 2.89 bits per heavy atom. The summed E-state index contributed by atoms with van der Waals surface area (Å²) in [5.41, 5.74) is 7.96. The van der Waals surface area contributed by atoms with Crippen LogP contribution in [0.3, 0.4) is 0 Å². The van der Waals surface area contributed by atoms with E-state index >= 15 is 0 Å². The number of rotatable bonds is 3. The van der Waals surface area contributed by atoms with Crippen molar-refractivity contribution in [3.05, 3.63) is 23.2 Å². The Morgan fingerprint density at radius 2 is 2.17 bits per heavy atom. The number of hydrogen-bond donors (Lipinski definition) is 1. The average molecular weight is 267 g/mol. The zero-order chi connectivity index (χ0) is 13.1. The van der Waals surface area contributed by atoms with Crippen LogP contribution >= 0.6 is 11.6 Å². The Hall–Kier alpha value is -0.890. The van der Waals surface area contributed by atoms with Crippen molar-refractivity contribution in [1.82, 2.24) is 0 Å². The molecule has 1 aliphatic carbocycles. The molecule has 2 nitrogen and oxygen atoms in total. The maximum Gasteiger partial charge on any atom is 0.0614 e. The Labute approximate surface area is 115 Å². The Balaban J connectivity index is 2.14. The molecule has 0 aromatic heterocycles. The highest BCUT2D eigenvalue weighted by Crippen LogP contribution is 2.34. The van der Waals surface area contributed by atoms with Crippen LogP contribution in [0.15, 0.2) is 18.2 Å². The zero-order valence-electron chi connectivity index (χ0n) is 11.3. The molecule has 18 heavy (non-hydrogen) atoms. The second kappa shape index (κ2) is 5.83. The lowest BCUT2D eigenvalue weighted by atomic mass is 9.83. The van der Waals surface area contributed by atoms with Gasteiger partial charge >= 0.3 is 0 Å². The highest BCUT2D eigenvalue weighted by atomic mass is 35.5. The molecule has 0 saturated heterocycles. The summed E-state index contributed by atoms with van der Waals surface area (Å²) in [6.45, 7) is 2.29. The molecule has 100 valence electrons. The minimum Gasteiger partial charge on any atom is -0.397 e. The van der Waals surface area contributed by atoms with Gasteiger partial charge < -0.3 is 10.6 Å². The summed E-state index contributed by atoms with van der Waals surface area (Å²) in [7, 11) is 2.14. The number of nitrogens with zero attached hydrogens (tertiary/aromatic N) is 1. The molecule has 0 spiro atoms. The third-order valence-electron chi connectivity index (χ3n) is 4.25. The van der Waals surface area contributed by atoms with E-state index in [1.807, 2.05) is 18.2 Å². The van der Waals surface area contributed by atoms with Crippen LogP contribution in [-0.2, 0) is 0 Å². The molecule has 2 unspecified atom stereocenters. The van der Waals surface area contributed by atoms with Gasteiger partial charge in [-0.1, -0.05) is 37.8 Å². The van der Waals surface area contributed by atoms with Crippen LogP contribution in [0.5, 0.6) is 0 Å². The van der Waals surface area contributed by atoms with Crippen LogP contribution in [0.1, 0.15) is 39.0 Å². The molecule has 2 rings (SSSR count). The first-order valence-corrected chi connectivity index (χ1v) is 7.27. The van der Waals surface area contributed by atoms with Crippen LogP contribution in [0.25, 0.3) is 0 Å². The van der Waals surface area contributed by atoms with E-state index in [9.17, 15) is 0 Å². The summed E-state index contributed by atoms with van der Waals surface area (Å²) >= 11 is 6.07. The van der Waals surface area contributed by atoms with Crippen molar-refractivity contribution in [2.45, 2.75) is 45.1 Å². The minimum atomic E-state index is 0.601. The molecule has 0 amide bonds. The van der Waals surface area contributed by atoms with Crippen molar-refractivity contribution in [3.63, 3.8) is 0 Å². The second-order valence-electron chi connectivity index (χ2n) is 5.41. The molecule has 1 aliphatic rings. The van der Waals surface area contributed by atoms with Gasteiger partial charge in [0.05, 0.1) is 11.4 Å². The molecule has 1 aromatic rings. The van der Waals surface area contributed by atoms with Gasteiger partial charge in [-0.15, -0.1) is 0 Å². The molecule has 1 fully saturated rings. The predicted octanol–water partition coefficient (Wildman–Crippen LogP) is 4.33. The normalized spacial score (nSPS) is 23.9. The molecule has 0 bridgehead atoms. The fourth-order valence-corrected chi connectivity index (χ4v) is 3.17. The number of benzene rings is 1. The molecular formula is C15H23ClN2. The molecule has 2 atom stereocenters. The highest BCUT2D eigenvalue weighted by Gasteiger charge is 2.24. The SMILES string of the molecule is CCC1CCCC(N(C)c2cc(Cl)ccc2N)C1. The monoisotopic (exact) mass is 266 g/mol. The Morgan fingerprint density at radius 1 is 1.39 bits per heavy atom. The first-order chi connectivity index (χ1) is 8.61. The number of anilines is 2. The van der Waals surface area contributed by atoms with Gasteiger partial charge in [0.15, 0.2) is 0 Å². The van der Waals surface area contributed by atoms with Crippen LogP contribution in [0.4, 0.5) is 11.4 Å². The quantitative estimate of drug-likeness (QED) is 0.826. The minimum absolute atomic E-state index is 0.601. The third-order valence-corrected chi connectivity index (χ3v) is 4.49. The van der Waals surface area contributed by atoms with Crippen LogP contribution in [0.2, 0.25) is 5.02 Å². The average Bonchev–Trinajstić information content (AvgIpc) is 2.41. The van der Waals surface area contributed by atoms with Crippen LogP contribution in [0, 0.1) is 5.92 Å². The number of nitrogen functional groups attached to an aromatic ring is 1. The van der Waals surface area contributed by atoms with Crippen molar-refractivity contribution in [2.24, 2.45) is 5.92 Å². The van der Waals surface area contributed by atoms with Gasteiger partial charge in [-0.2, -0.15) is 0 Å². The molecule has 1 aromatic carbocycles. The van der Waals surface area contributed by atoms with E-state index in [1.165, 1.54) is 32.1 Å². The lowest BCUT2D eigenvalue weighted by Crippen LogP contribution is -2.36. The van der Waals surface area contributed by atoms with E-state index in [4.69, 9.17) is 17.3 Å². The lowest BCUT2D eigenvalue weighted by molar-refractivity contribution is 0.309. The van der Waals surface area contributed by atoms with Gasteiger partial charge in [0.2, 0.25) is 0 Å². The maximum atomic E-state index is 6.07. The summed E-state index contributed by atoms with van der Waals surface area (Å²) in [5.74, 6) is 0.867. The number of nitrogens with two attached hydrogens (primary N) is 1. The first kappa shape index (κ1) is 13.5. The summed E-state index contributed by atoms with van der Waals surface area (Å²) < 4.78 is 0. The predicted molar refractivity (Wildman–Crippen MR) is 80.3 cm³/mol. The fraction of sp³-hybridized carbons (Fsp3) is 0.600. The van der Waals surface area contributed by atoms with E-state index in [2.05, 4.69) is 18.9 Å². The van der Waals surface area contributed by atoms with E-state index < -0.39 is 0 Å². The van der Waals surface area contributed by atoms with Gasteiger partial charge in [-0.05, 0) is 37.0 Å². The van der Waals surface area contributed by atoms with Crippen molar-refractivity contribution in [1.29, 1.82) is 0 Å². The Kier molecular flexibility index (Phi) is 4.39. The van der Waals surface area contributed by atoms with Crippen molar-refractivity contribution in [2.75, 3.05) is 17.7 Å². The molecule has 0 radical (unpaired) electrons. The zero-order valence-corrected chi connectivity index (χ0v) is 12.1. The third kappa shape index (κ3) is 2.92. The maximum absolute atomic E-state index is 6.07. The topological polar surface area (TPSA) is 29.3 Å². The lowest BCUT2D eigenvalue weighted by Gasteiger charge is -2.37. The first-order valence-electron chi connectivity index (χ1n) is 6.89. The summed E-state index contributed by atoms with van der Waals surface area (Å²) in [5, 5.41) is 0.758. The van der Waals surface area contributed by atoms with Gasteiger partial charge in [-0.25, -0.2) is 0 Å². The Bertz CT molecular complexity index is 405. The summed E-state index contributed by atoms with van der Waals surface area (Å²) in [4.78, 5) is 2.32. The van der Waals surface area contributed by atoms with Crippen molar-refractivity contribution >= 4 is 23.0 Å². The van der Waals surface area contributed by atoms with E-state index in [0.29, 0.717) is 6.04 Å². The molecule has 0 aliphatic heterocycles. The van der Waals surface area contributed by atoms with Gasteiger partial charge in [-0.3, -0.25) is 0 Å². The van der Waals surface area contributed by atoms with Gasteiger partial charge in [0.1, 0.15) is 0 Å². The van der Waals surface area contributed by atoms with Gasteiger partial charge in [0, 0.05) is 18.1 Å². The van der Waals surface area contributed by atoms with E-state index in [1.54, 1.807) is 0 Å². The van der Waals surface area contributed by atoms with E-state index in [0.717, 1.165) is 22.3 Å². The smallest absolute Gasteiger partial charge is 0.0614 e. The number of halogens is 1. The second-order valence-corrected chi connectivity index (χ2v) is 5.85. The molecule has 1 saturated carbocycles. The number of hydrogen-bond acceptors (Lipinski definition) is 2. The van der Waals surface area contributed by atoms with Crippen LogP contribution < -0.4 is 10.6 Å². The largest absolute Gasteiger partial charge is 0.397 e. The molecule has 3 heteroatoms. The molecular weight excluding hydrogens is 244 g/mol. The van der Waals surface area contributed by atoms with Crippen LogP contribution in [-0.4, -0.2) is 13.1 Å². The van der Waals surface area contributed by atoms with E-state index in [-0.39, 0.29) is 0 Å². The van der Waals surface area contributed by atoms with Crippen molar-refractivity contribution in [3.8, 4) is 0 Å². The summed E-state index contributed by atoms with van der Waals surface area (Å²) in [6.07, 6.45) is 6.53. The highest BCUT2D eigenvalue weighted by molar-refractivity contribution is 6.31. The standard InChI is InChI=1S/C15H23ClN2/c1-3-11-5-4-6-13(9-11)18(2)15-10-12(16)7-8-14(15)17/h7-8,10-11,13H,3-6,9,17H2,1-2H3. The molecule has 0 heterocycles. The summed E-state index contributed by atoms with van der Waals surface area (Å²) in [6, 6.07) is 6.33. The molecule has 2 N–H and O–H groups in total. The van der Waals surface area contributed by atoms with Gasteiger partial charge in [0.25, 0.3) is 0 Å².